The highest BCUT2D eigenvalue weighted by molar-refractivity contribution is 6.31. The van der Waals surface area contributed by atoms with Crippen molar-refractivity contribution in [3.63, 3.8) is 0 Å². The van der Waals surface area contributed by atoms with Crippen molar-refractivity contribution < 1.29 is 9.13 Å². The van der Waals surface area contributed by atoms with Gasteiger partial charge in [-0.05, 0) is 18.1 Å². The smallest absolute Gasteiger partial charge is 0.232 e. The average Bonchev–Trinajstić information content (AvgIpc) is 2.16. The first-order valence-corrected chi connectivity index (χ1v) is 4.88. The Bertz CT molecular complexity index is 304. The number of pyridine rings is 1. The molecule has 0 spiro atoms. The first-order chi connectivity index (χ1) is 6.65. The van der Waals surface area contributed by atoms with Gasteiger partial charge in [0.25, 0.3) is 0 Å². The van der Waals surface area contributed by atoms with Crippen LogP contribution in [0, 0.1) is 0 Å². The van der Waals surface area contributed by atoms with Crippen molar-refractivity contribution in [2.75, 3.05) is 13.3 Å². The molecule has 0 saturated carbocycles. The summed E-state index contributed by atoms with van der Waals surface area (Å²) in [6, 6.07) is 3.56. The Morgan fingerprint density at radius 3 is 2.79 bits per heavy atom. The third kappa shape index (κ3) is 2.84. The zero-order valence-electron chi connectivity index (χ0n) is 8.26. The highest BCUT2D eigenvalue weighted by atomic mass is 35.5. The molecule has 0 aliphatic rings. The minimum Gasteiger partial charge on any atom is -0.474 e. The average molecular weight is 218 g/mol. The number of ether oxygens (including phenoxy) is 1. The Morgan fingerprint density at radius 1 is 1.50 bits per heavy atom. The Morgan fingerprint density at radius 2 is 2.21 bits per heavy atom. The van der Waals surface area contributed by atoms with E-state index in [9.17, 15) is 4.39 Å². The summed E-state index contributed by atoms with van der Waals surface area (Å²) in [5.74, 6) is 0.621. The van der Waals surface area contributed by atoms with Gasteiger partial charge in [0.2, 0.25) is 5.88 Å². The summed E-state index contributed by atoms with van der Waals surface area (Å²) in [7, 11) is 0. The van der Waals surface area contributed by atoms with Gasteiger partial charge in [0.15, 0.2) is 0 Å². The molecule has 14 heavy (non-hydrogen) atoms. The molecule has 2 nitrogen and oxygen atoms in total. The van der Waals surface area contributed by atoms with E-state index in [2.05, 4.69) is 4.98 Å². The Hall–Kier alpha value is -0.830. The maximum Gasteiger partial charge on any atom is 0.232 e. The summed E-state index contributed by atoms with van der Waals surface area (Å²) in [6.45, 7) is 3.50. The molecular formula is C10H13ClFNO. The van der Waals surface area contributed by atoms with Crippen molar-refractivity contribution in [3.05, 3.63) is 22.8 Å². The van der Waals surface area contributed by atoms with E-state index in [1.165, 1.54) is 0 Å². The quantitative estimate of drug-likeness (QED) is 0.773. The normalized spacial score (nSPS) is 10.6. The highest BCUT2D eigenvalue weighted by Crippen LogP contribution is 2.24. The standard InChI is InChI=1S/C10H13ClFNO/c1-7(2)9-4-3-8(11)10(13-9)14-6-5-12/h3-4,7H,5-6H2,1-2H3. The van der Waals surface area contributed by atoms with Gasteiger partial charge >= 0.3 is 0 Å². The molecule has 0 radical (unpaired) electrons. The third-order valence-electron chi connectivity index (χ3n) is 1.74. The number of hydrogen-bond acceptors (Lipinski definition) is 2. The maximum atomic E-state index is 11.9. The van der Waals surface area contributed by atoms with Crippen LogP contribution < -0.4 is 4.74 Å². The Balaban J connectivity index is 2.85. The summed E-state index contributed by atoms with van der Waals surface area (Å²) in [4.78, 5) is 4.19. The maximum absolute atomic E-state index is 11.9. The van der Waals surface area contributed by atoms with Crippen molar-refractivity contribution in [1.82, 2.24) is 4.98 Å². The molecule has 0 aromatic carbocycles. The zero-order chi connectivity index (χ0) is 10.6. The molecule has 1 heterocycles. The molecule has 0 bridgehead atoms. The van der Waals surface area contributed by atoms with Crippen LogP contribution in [0.15, 0.2) is 12.1 Å². The molecule has 4 heteroatoms. The number of hydrogen-bond donors (Lipinski definition) is 0. The Labute approximate surface area is 88.1 Å². The number of aromatic nitrogens is 1. The number of alkyl halides is 1. The number of nitrogens with zero attached hydrogens (tertiary/aromatic N) is 1. The third-order valence-corrected chi connectivity index (χ3v) is 2.03. The SMILES string of the molecule is CC(C)c1ccc(Cl)c(OCCF)n1. The molecule has 0 fully saturated rings. The van der Waals surface area contributed by atoms with Gasteiger partial charge in [-0.25, -0.2) is 9.37 Å². The molecule has 0 saturated heterocycles. The molecule has 1 aromatic heterocycles. The monoisotopic (exact) mass is 217 g/mol. The summed E-state index contributed by atoms with van der Waals surface area (Å²) in [6.07, 6.45) is 0. The lowest BCUT2D eigenvalue weighted by molar-refractivity contribution is 0.264. The van der Waals surface area contributed by atoms with Crippen LogP contribution in [0.2, 0.25) is 5.02 Å². The van der Waals surface area contributed by atoms with E-state index in [4.69, 9.17) is 16.3 Å². The van der Waals surface area contributed by atoms with Gasteiger partial charge in [0.1, 0.15) is 18.3 Å². The van der Waals surface area contributed by atoms with Gasteiger partial charge < -0.3 is 4.74 Å². The second-order valence-corrected chi connectivity index (χ2v) is 3.62. The van der Waals surface area contributed by atoms with Crippen LogP contribution in [-0.2, 0) is 0 Å². The lowest BCUT2D eigenvalue weighted by Crippen LogP contribution is -2.03. The molecule has 0 aliphatic heterocycles. The van der Waals surface area contributed by atoms with Crippen LogP contribution in [0.3, 0.4) is 0 Å². The molecule has 0 unspecified atom stereocenters. The highest BCUT2D eigenvalue weighted by Gasteiger charge is 2.07. The minimum absolute atomic E-state index is 0.00569. The van der Waals surface area contributed by atoms with Crippen LogP contribution in [-0.4, -0.2) is 18.3 Å². The fraction of sp³-hybridized carbons (Fsp3) is 0.500. The minimum atomic E-state index is -0.538. The van der Waals surface area contributed by atoms with E-state index in [-0.39, 0.29) is 6.61 Å². The lowest BCUT2D eigenvalue weighted by Gasteiger charge is -2.09. The summed E-state index contributed by atoms with van der Waals surface area (Å²) in [5, 5.41) is 0.419. The summed E-state index contributed by atoms with van der Waals surface area (Å²) in [5.41, 5.74) is 0.892. The van der Waals surface area contributed by atoms with Crippen molar-refractivity contribution in [3.8, 4) is 5.88 Å². The van der Waals surface area contributed by atoms with Crippen molar-refractivity contribution in [2.24, 2.45) is 0 Å². The van der Waals surface area contributed by atoms with Gasteiger partial charge in [-0.2, -0.15) is 0 Å². The van der Waals surface area contributed by atoms with Gasteiger partial charge in [0, 0.05) is 5.69 Å². The predicted octanol–water partition coefficient (Wildman–Crippen LogP) is 3.21. The first-order valence-electron chi connectivity index (χ1n) is 4.50. The summed E-state index contributed by atoms with van der Waals surface area (Å²) < 4.78 is 16.9. The number of halogens is 2. The lowest BCUT2D eigenvalue weighted by atomic mass is 10.1. The predicted molar refractivity (Wildman–Crippen MR) is 54.8 cm³/mol. The zero-order valence-corrected chi connectivity index (χ0v) is 9.01. The second-order valence-electron chi connectivity index (χ2n) is 3.22. The van der Waals surface area contributed by atoms with Crippen LogP contribution in [0.1, 0.15) is 25.5 Å². The molecule has 0 aliphatic carbocycles. The Kier molecular flexibility index (Phi) is 4.14. The van der Waals surface area contributed by atoms with E-state index in [0.717, 1.165) is 5.69 Å². The fourth-order valence-electron chi connectivity index (χ4n) is 0.996. The molecule has 78 valence electrons. The molecule has 1 rings (SSSR count). The fourth-order valence-corrected chi connectivity index (χ4v) is 1.16. The van der Waals surface area contributed by atoms with E-state index < -0.39 is 6.67 Å². The molecular weight excluding hydrogens is 205 g/mol. The van der Waals surface area contributed by atoms with Crippen LogP contribution in [0.25, 0.3) is 0 Å². The molecule has 0 N–H and O–H groups in total. The van der Waals surface area contributed by atoms with E-state index >= 15 is 0 Å². The number of rotatable bonds is 4. The van der Waals surface area contributed by atoms with Crippen molar-refractivity contribution in [2.45, 2.75) is 19.8 Å². The van der Waals surface area contributed by atoms with E-state index in [1.54, 1.807) is 6.07 Å². The van der Waals surface area contributed by atoms with E-state index in [0.29, 0.717) is 16.8 Å². The second kappa shape index (κ2) is 5.15. The van der Waals surface area contributed by atoms with Gasteiger partial charge in [-0.3, -0.25) is 0 Å². The molecule has 0 amide bonds. The molecule has 1 aromatic rings. The van der Waals surface area contributed by atoms with Crippen LogP contribution >= 0.6 is 11.6 Å². The van der Waals surface area contributed by atoms with Gasteiger partial charge in [-0.15, -0.1) is 0 Å². The van der Waals surface area contributed by atoms with Gasteiger partial charge in [-0.1, -0.05) is 25.4 Å². The van der Waals surface area contributed by atoms with Crippen LogP contribution in [0.5, 0.6) is 5.88 Å². The summed E-state index contributed by atoms with van der Waals surface area (Å²) >= 11 is 5.83. The van der Waals surface area contributed by atoms with Crippen LogP contribution in [0.4, 0.5) is 4.39 Å². The van der Waals surface area contributed by atoms with E-state index in [1.807, 2.05) is 19.9 Å². The largest absolute Gasteiger partial charge is 0.474 e. The molecule has 0 atom stereocenters. The van der Waals surface area contributed by atoms with Crippen molar-refractivity contribution in [1.29, 1.82) is 0 Å². The topological polar surface area (TPSA) is 22.1 Å². The van der Waals surface area contributed by atoms with Gasteiger partial charge in [0.05, 0.1) is 0 Å². The first kappa shape index (κ1) is 11.2. The van der Waals surface area contributed by atoms with Crippen molar-refractivity contribution >= 4 is 11.6 Å².